The number of carbonyl (C=O) groups excluding carboxylic acids is 1. The summed E-state index contributed by atoms with van der Waals surface area (Å²) in [5.41, 5.74) is 6.80. The lowest BCUT2D eigenvalue weighted by Gasteiger charge is -2.28. The zero-order valence-electron chi connectivity index (χ0n) is 21.4. The quantitative estimate of drug-likeness (QED) is 0.545. The number of hydrogen-bond acceptors (Lipinski definition) is 5. The van der Waals surface area contributed by atoms with E-state index in [2.05, 4.69) is 0 Å². The van der Waals surface area contributed by atoms with E-state index in [1.54, 1.807) is 45.0 Å². The molecule has 3 N–H and O–H groups in total. The Bertz CT molecular complexity index is 903. The molecule has 0 bridgehead atoms. The maximum atomic E-state index is 12.2. The number of rotatable bonds is 7. The number of ether oxygens (including phenoxy) is 2. The lowest BCUT2D eigenvalue weighted by atomic mass is 9.97. The van der Waals surface area contributed by atoms with Crippen LogP contribution in [-0.4, -0.2) is 46.8 Å². The van der Waals surface area contributed by atoms with E-state index in [4.69, 9.17) is 15.2 Å². The molecule has 1 saturated carbocycles. The minimum atomic E-state index is -1.09. The summed E-state index contributed by atoms with van der Waals surface area (Å²) in [6, 6.07) is 16.5. The highest BCUT2D eigenvalue weighted by Crippen LogP contribution is 2.18. The first-order valence-corrected chi connectivity index (χ1v) is 12.2. The smallest absolute Gasteiger partial charge is 0.410 e. The van der Waals surface area contributed by atoms with Gasteiger partial charge in [-0.05, 0) is 56.9 Å². The first-order valence-electron chi connectivity index (χ1n) is 12.2. The van der Waals surface area contributed by atoms with Crippen molar-refractivity contribution in [2.75, 3.05) is 7.05 Å². The molecule has 1 aliphatic rings. The summed E-state index contributed by atoms with van der Waals surface area (Å²) in [6.45, 7) is 5.67. The molecular formula is C28H40N2O5. The first kappa shape index (κ1) is 28.2. The third-order valence-electron chi connectivity index (χ3n) is 5.68. The van der Waals surface area contributed by atoms with Crippen LogP contribution in [0.4, 0.5) is 4.79 Å². The van der Waals surface area contributed by atoms with Crippen LogP contribution in [0.5, 0.6) is 5.75 Å². The van der Waals surface area contributed by atoms with Gasteiger partial charge in [-0.3, -0.25) is 4.90 Å². The van der Waals surface area contributed by atoms with E-state index in [1.165, 1.54) is 39.2 Å². The van der Waals surface area contributed by atoms with Gasteiger partial charge in [0.25, 0.3) is 0 Å². The van der Waals surface area contributed by atoms with Gasteiger partial charge in [0.15, 0.2) is 0 Å². The number of likely N-dealkylation sites (N-methyl/N-ethyl adjacent to an activating group) is 1. The van der Waals surface area contributed by atoms with Gasteiger partial charge in [0.1, 0.15) is 24.0 Å². The van der Waals surface area contributed by atoms with E-state index in [-0.39, 0.29) is 6.42 Å². The molecule has 1 fully saturated rings. The number of carboxylic acids is 1. The Morgan fingerprint density at radius 3 is 2.09 bits per heavy atom. The normalized spacial score (nSPS) is 14.8. The second-order valence-electron chi connectivity index (χ2n) is 9.97. The van der Waals surface area contributed by atoms with Crippen LogP contribution in [0.15, 0.2) is 54.6 Å². The number of aliphatic carboxylic acids is 1. The molecule has 0 spiro atoms. The molecule has 0 radical (unpaired) electrons. The SMILES string of the molecule is CN(C(=O)OC(C)(C)C)C(Cc1ccc(OCc2ccccc2)cc1)C(=O)O.NC1CCCCC1. The van der Waals surface area contributed by atoms with Crippen LogP contribution in [0.1, 0.15) is 64.0 Å². The summed E-state index contributed by atoms with van der Waals surface area (Å²) in [7, 11) is 1.43. The van der Waals surface area contributed by atoms with Crippen molar-refractivity contribution in [1.82, 2.24) is 4.90 Å². The van der Waals surface area contributed by atoms with Crippen molar-refractivity contribution in [2.24, 2.45) is 5.73 Å². The standard InChI is InChI=1S/C22H27NO5.C6H13N/c1-22(2,3)28-21(26)23(4)19(20(24)25)14-16-10-12-18(13-11-16)27-15-17-8-6-5-7-9-17;7-6-4-2-1-3-5-6/h5-13,19H,14-15H2,1-4H3,(H,24,25);6H,1-5,7H2. The maximum Gasteiger partial charge on any atom is 0.410 e. The number of carbonyl (C=O) groups is 2. The first-order chi connectivity index (χ1) is 16.5. The van der Waals surface area contributed by atoms with E-state index in [9.17, 15) is 14.7 Å². The van der Waals surface area contributed by atoms with Crippen LogP contribution in [0.25, 0.3) is 0 Å². The van der Waals surface area contributed by atoms with Crippen LogP contribution in [0.2, 0.25) is 0 Å². The Balaban J connectivity index is 0.000000527. The molecule has 35 heavy (non-hydrogen) atoms. The average molecular weight is 485 g/mol. The summed E-state index contributed by atoms with van der Waals surface area (Å²) in [6.07, 6.45) is 6.17. The van der Waals surface area contributed by atoms with Crippen molar-refractivity contribution < 1.29 is 24.2 Å². The van der Waals surface area contributed by atoms with Crippen molar-refractivity contribution >= 4 is 12.1 Å². The number of amides is 1. The molecule has 1 amide bonds. The van der Waals surface area contributed by atoms with Crippen molar-refractivity contribution in [3.63, 3.8) is 0 Å². The number of nitrogens with two attached hydrogens (primary N) is 1. The van der Waals surface area contributed by atoms with Gasteiger partial charge in [0.05, 0.1) is 0 Å². The van der Waals surface area contributed by atoms with Crippen molar-refractivity contribution in [3.05, 3.63) is 65.7 Å². The van der Waals surface area contributed by atoms with Crippen LogP contribution in [0, 0.1) is 0 Å². The maximum absolute atomic E-state index is 12.2. The van der Waals surface area contributed by atoms with Crippen molar-refractivity contribution in [1.29, 1.82) is 0 Å². The molecule has 7 nitrogen and oxygen atoms in total. The van der Waals surface area contributed by atoms with Crippen molar-refractivity contribution in [2.45, 2.75) is 83.6 Å². The summed E-state index contributed by atoms with van der Waals surface area (Å²) in [4.78, 5) is 25.0. The zero-order valence-corrected chi connectivity index (χ0v) is 21.4. The fraction of sp³-hybridized carbons (Fsp3) is 0.500. The van der Waals surface area contributed by atoms with Gasteiger partial charge in [0.2, 0.25) is 0 Å². The molecule has 0 aliphatic heterocycles. The molecule has 1 aliphatic carbocycles. The lowest BCUT2D eigenvalue weighted by molar-refractivity contribution is -0.142. The third-order valence-corrected chi connectivity index (χ3v) is 5.68. The van der Waals surface area contributed by atoms with Crippen LogP contribution in [-0.2, 0) is 22.6 Å². The van der Waals surface area contributed by atoms with Gasteiger partial charge >= 0.3 is 12.1 Å². The van der Waals surface area contributed by atoms with Gasteiger partial charge < -0.3 is 20.3 Å². The number of carboxylic acid groups (broad SMARTS) is 1. The summed E-state index contributed by atoms with van der Waals surface area (Å²) in [5, 5.41) is 9.54. The predicted molar refractivity (Wildman–Crippen MR) is 137 cm³/mol. The van der Waals surface area contributed by atoms with E-state index in [0.717, 1.165) is 16.0 Å². The minimum absolute atomic E-state index is 0.171. The highest BCUT2D eigenvalue weighted by Gasteiger charge is 2.30. The Morgan fingerprint density at radius 1 is 1.00 bits per heavy atom. The molecule has 1 atom stereocenters. The molecule has 0 aromatic heterocycles. The number of hydrogen-bond donors (Lipinski definition) is 2. The fourth-order valence-electron chi connectivity index (χ4n) is 3.67. The summed E-state index contributed by atoms with van der Waals surface area (Å²) < 4.78 is 11.0. The molecule has 0 heterocycles. The Labute approximate surface area is 209 Å². The Hall–Kier alpha value is -3.06. The fourth-order valence-corrected chi connectivity index (χ4v) is 3.67. The van der Waals surface area contributed by atoms with E-state index >= 15 is 0 Å². The zero-order chi connectivity index (χ0) is 25.8. The molecule has 2 aromatic rings. The summed E-state index contributed by atoms with van der Waals surface area (Å²) in [5.74, 6) is -0.391. The number of benzene rings is 2. The lowest BCUT2D eigenvalue weighted by Crippen LogP contribution is -2.46. The minimum Gasteiger partial charge on any atom is -0.489 e. The van der Waals surface area contributed by atoms with E-state index in [0.29, 0.717) is 18.4 Å². The van der Waals surface area contributed by atoms with Crippen LogP contribution < -0.4 is 10.5 Å². The van der Waals surface area contributed by atoms with Gasteiger partial charge in [-0.2, -0.15) is 0 Å². The molecule has 192 valence electrons. The highest BCUT2D eigenvalue weighted by molar-refractivity contribution is 5.80. The highest BCUT2D eigenvalue weighted by atomic mass is 16.6. The summed E-state index contributed by atoms with van der Waals surface area (Å²) >= 11 is 0. The molecule has 0 saturated heterocycles. The van der Waals surface area contributed by atoms with E-state index < -0.39 is 23.7 Å². The Kier molecular flexibility index (Phi) is 11.1. The van der Waals surface area contributed by atoms with Gasteiger partial charge in [-0.1, -0.05) is 61.7 Å². The van der Waals surface area contributed by atoms with Gasteiger partial charge in [-0.15, -0.1) is 0 Å². The third kappa shape index (κ3) is 10.8. The second kappa shape index (κ2) is 13.7. The molecule has 7 heteroatoms. The largest absolute Gasteiger partial charge is 0.489 e. The van der Waals surface area contributed by atoms with E-state index in [1.807, 2.05) is 30.3 Å². The van der Waals surface area contributed by atoms with Gasteiger partial charge in [-0.25, -0.2) is 9.59 Å². The molecular weight excluding hydrogens is 444 g/mol. The predicted octanol–water partition coefficient (Wildman–Crippen LogP) is 5.41. The molecule has 1 unspecified atom stereocenters. The van der Waals surface area contributed by atoms with Crippen LogP contribution >= 0.6 is 0 Å². The molecule has 3 rings (SSSR count). The van der Waals surface area contributed by atoms with Crippen molar-refractivity contribution in [3.8, 4) is 5.75 Å². The number of nitrogens with zero attached hydrogens (tertiary/aromatic N) is 1. The Morgan fingerprint density at radius 2 is 1.60 bits per heavy atom. The topological polar surface area (TPSA) is 102 Å². The monoisotopic (exact) mass is 484 g/mol. The van der Waals surface area contributed by atoms with Gasteiger partial charge in [0, 0.05) is 19.5 Å². The second-order valence-corrected chi connectivity index (χ2v) is 9.97. The average Bonchev–Trinajstić information content (AvgIpc) is 2.82. The van der Waals surface area contributed by atoms with Crippen LogP contribution in [0.3, 0.4) is 0 Å². The molecule has 2 aromatic carbocycles.